The summed E-state index contributed by atoms with van der Waals surface area (Å²) in [6.07, 6.45) is 0. The lowest BCUT2D eigenvalue weighted by Crippen LogP contribution is -2.04. The molecule has 100 valence electrons. The van der Waals surface area contributed by atoms with E-state index in [1.54, 1.807) is 0 Å². The molecular weight excluding hydrogens is 302 g/mol. The van der Waals surface area contributed by atoms with Crippen LogP contribution in [-0.2, 0) is 13.2 Å². The van der Waals surface area contributed by atoms with Crippen molar-refractivity contribution in [1.82, 2.24) is 0 Å². The fourth-order valence-electron chi connectivity index (χ4n) is 1.96. The van der Waals surface area contributed by atoms with Gasteiger partial charge in [-0.15, -0.1) is 0 Å². The number of halogens is 1. The van der Waals surface area contributed by atoms with Gasteiger partial charge in [0, 0.05) is 16.6 Å². The molecule has 3 heteroatoms. The molecular formula is C16H18BrNO. The van der Waals surface area contributed by atoms with Gasteiger partial charge in [-0.2, -0.15) is 0 Å². The summed E-state index contributed by atoms with van der Waals surface area (Å²) in [6, 6.07) is 12.3. The van der Waals surface area contributed by atoms with Crippen molar-refractivity contribution >= 4 is 15.9 Å². The van der Waals surface area contributed by atoms with Crippen molar-refractivity contribution in [1.29, 1.82) is 0 Å². The normalized spacial score (nSPS) is 10.5. The molecule has 2 nitrogen and oxygen atoms in total. The van der Waals surface area contributed by atoms with E-state index in [2.05, 4.69) is 48.0 Å². The zero-order valence-electron chi connectivity index (χ0n) is 11.2. The minimum absolute atomic E-state index is 0.474. The highest BCUT2D eigenvalue weighted by Crippen LogP contribution is 2.24. The quantitative estimate of drug-likeness (QED) is 0.920. The van der Waals surface area contributed by atoms with Crippen molar-refractivity contribution in [3.8, 4) is 5.75 Å². The second kappa shape index (κ2) is 6.22. The minimum atomic E-state index is 0.474. The minimum Gasteiger partial charge on any atom is -0.489 e. The van der Waals surface area contributed by atoms with Crippen molar-refractivity contribution in [3.63, 3.8) is 0 Å². The number of rotatable bonds is 4. The average molecular weight is 320 g/mol. The Balaban J connectivity index is 2.16. The van der Waals surface area contributed by atoms with Crippen LogP contribution in [0.15, 0.2) is 40.9 Å². The molecule has 0 unspecified atom stereocenters. The molecule has 2 aromatic rings. The van der Waals surface area contributed by atoms with E-state index in [1.807, 2.05) is 18.2 Å². The Kier molecular flexibility index (Phi) is 4.61. The molecule has 0 fully saturated rings. The fourth-order valence-corrected chi connectivity index (χ4v) is 2.37. The number of ether oxygens (including phenoxy) is 1. The van der Waals surface area contributed by atoms with Crippen molar-refractivity contribution in [2.45, 2.75) is 27.0 Å². The molecule has 0 amide bonds. The SMILES string of the molecule is Cc1ccc(C)c(COc2ccc(Br)cc2CN)c1. The third kappa shape index (κ3) is 3.58. The monoisotopic (exact) mass is 319 g/mol. The number of hydrogen-bond donors (Lipinski definition) is 1. The van der Waals surface area contributed by atoms with E-state index in [0.29, 0.717) is 13.2 Å². The van der Waals surface area contributed by atoms with Crippen molar-refractivity contribution < 1.29 is 4.74 Å². The molecule has 0 atom stereocenters. The lowest BCUT2D eigenvalue weighted by atomic mass is 10.1. The van der Waals surface area contributed by atoms with Crippen LogP contribution in [0.25, 0.3) is 0 Å². The van der Waals surface area contributed by atoms with E-state index in [-0.39, 0.29) is 0 Å². The van der Waals surface area contributed by atoms with E-state index < -0.39 is 0 Å². The summed E-state index contributed by atoms with van der Waals surface area (Å²) in [4.78, 5) is 0. The molecule has 0 radical (unpaired) electrons. The topological polar surface area (TPSA) is 35.2 Å². The van der Waals surface area contributed by atoms with E-state index >= 15 is 0 Å². The number of aryl methyl sites for hydroxylation is 2. The van der Waals surface area contributed by atoms with Gasteiger partial charge in [-0.25, -0.2) is 0 Å². The summed E-state index contributed by atoms with van der Waals surface area (Å²) < 4.78 is 6.92. The molecule has 2 rings (SSSR count). The lowest BCUT2D eigenvalue weighted by molar-refractivity contribution is 0.302. The van der Waals surface area contributed by atoms with E-state index in [4.69, 9.17) is 10.5 Å². The molecule has 2 aromatic carbocycles. The fraction of sp³-hybridized carbons (Fsp3) is 0.250. The van der Waals surface area contributed by atoms with Crippen LogP contribution >= 0.6 is 15.9 Å². The Morgan fingerprint density at radius 3 is 2.58 bits per heavy atom. The smallest absolute Gasteiger partial charge is 0.124 e. The highest BCUT2D eigenvalue weighted by molar-refractivity contribution is 9.10. The zero-order chi connectivity index (χ0) is 13.8. The molecule has 0 aliphatic rings. The van der Waals surface area contributed by atoms with Crippen molar-refractivity contribution in [2.24, 2.45) is 5.73 Å². The molecule has 0 heterocycles. The van der Waals surface area contributed by atoms with Gasteiger partial charge in [-0.05, 0) is 43.2 Å². The largest absolute Gasteiger partial charge is 0.489 e. The first-order chi connectivity index (χ1) is 9.10. The summed E-state index contributed by atoms with van der Waals surface area (Å²) in [7, 11) is 0. The lowest BCUT2D eigenvalue weighted by Gasteiger charge is -2.13. The van der Waals surface area contributed by atoms with Crippen LogP contribution in [0.3, 0.4) is 0 Å². The molecule has 0 aromatic heterocycles. The number of nitrogens with two attached hydrogens (primary N) is 1. The molecule has 0 saturated heterocycles. The van der Waals surface area contributed by atoms with Gasteiger partial charge < -0.3 is 10.5 Å². The first-order valence-corrected chi connectivity index (χ1v) is 7.07. The van der Waals surface area contributed by atoms with Crippen molar-refractivity contribution in [3.05, 3.63) is 63.1 Å². The molecule has 0 bridgehead atoms. The van der Waals surface area contributed by atoms with Gasteiger partial charge >= 0.3 is 0 Å². The van der Waals surface area contributed by atoms with Gasteiger partial charge in [-0.3, -0.25) is 0 Å². The Hall–Kier alpha value is -1.32. The summed E-state index contributed by atoms with van der Waals surface area (Å²) in [5, 5.41) is 0. The molecule has 0 spiro atoms. The van der Waals surface area contributed by atoms with Gasteiger partial charge in [0.25, 0.3) is 0 Å². The first kappa shape index (κ1) is 14.1. The van der Waals surface area contributed by atoms with Crippen LogP contribution in [0.1, 0.15) is 22.3 Å². The maximum absolute atomic E-state index is 5.90. The Bertz CT molecular complexity index is 581. The molecule has 2 N–H and O–H groups in total. The zero-order valence-corrected chi connectivity index (χ0v) is 12.8. The molecule has 0 aliphatic heterocycles. The van der Waals surface area contributed by atoms with Crippen molar-refractivity contribution in [2.75, 3.05) is 0 Å². The van der Waals surface area contributed by atoms with Crippen LogP contribution in [-0.4, -0.2) is 0 Å². The summed E-state index contributed by atoms with van der Waals surface area (Å²) >= 11 is 3.44. The van der Waals surface area contributed by atoms with Gasteiger partial charge in [0.2, 0.25) is 0 Å². The van der Waals surface area contributed by atoms with Gasteiger partial charge in [0.15, 0.2) is 0 Å². The predicted molar refractivity (Wildman–Crippen MR) is 82.3 cm³/mol. The summed E-state index contributed by atoms with van der Waals surface area (Å²) in [5.41, 5.74) is 10.5. The van der Waals surface area contributed by atoms with Gasteiger partial charge in [0.05, 0.1) is 0 Å². The van der Waals surface area contributed by atoms with Crippen LogP contribution < -0.4 is 10.5 Å². The van der Waals surface area contributed by atoms with Crippen LogP contribution in [0.2, 0.25) is 0 Å². The maximum Gasteiger partial charge on any atom is 0.124 e. The molecule has 0 aliphatic carbocycles. The number of hydrogen-bond acceptors (Lipinski definition) is 2. The first-order valence-electron chi connectivity index (χ1n) is 6.27. The Morgan fingerprint density at radius 2 is 1.84 bits per heavy atom. The summed E-state index contributed by atoms with van der Waals surface area (Å²) in [5.74, 6) is 0.853. The predicted octanol–water partition coefficient (Wildman–Crippen LogP) is 4.10. The van der Waals surface area contributed by atoms with Crippen LogP contribution in [0.4, 0.5) is 0 Å². The Morgan fingerprint density at radius 1 is 1.05 bits per heavy atom. The second-order valence-corrected chi connectivity index (χ2v) is 5.59. The average Bonchev–Trinajstić information content (AvgIpc) is 2.40. The van der Waals surface area contributed by atoms with Gasteiger partial charge in [-0.1, -0.05) is 39.7 Å². The third-order valence-corrected chi connectivity index (χ3v) is 3.62. The Labute approximate surface area is 122 Å². The van der Waals surface area contributed by atoms with E-state index in [9.17, 15) is 0 Å². The van der Waals surface area contributed by atoms with Gasteiger partial charge in [0.1, 0.15) is 12.4 Å². The van der Waals surface area contributed by atoms with Crippen LogP contribution in [0, 0.1) is 13.8 Å². The number of benzene rings is 2. The summed E-state index contributed by atoms with van der Waals surface area (Å²) in [6.45, 7) is 5.24. The molecule has 0 saturated carbocycles. The van der Waals surface area contributed by atoms with E-state index in [0.717, 1.165) is 15.8 Å². The standard InChI is InChI=1S/C16H18BrNO/c1-11-3-4-12(2)14(7-11)10-19-16-6-5-15(17)8-13(16)9-18/h3-8H,9-10,18H2,1-2H3. The third-order valence-electron chi connectivity index (χ3n) is 3.13. The molecule has 19 heavy (non-hydrogen) atoms. The second-order valence-electron chi connectivity index (χ2n) is 4.67. The highest BCUT2D eigenvalue weighted by Gasteiger charge is 2.05. The van der Waals surface area contributed by atoms with Crippen LogP contribution in [0.5, 0.6) is 5.75 Å². The maximum atomic E-state index is 5.90. The van der Waals surface area contributed by atoms with E-state index in [1.165, 1.54) is 16.7 Å². The highest BCUT2D eigenvalue weighted by atomic mass is 79.9.